The summed E-state index contributed by atoms with van der Waals surface area (Å²) in [5, 5.41) is 11.6. The number of carbonyl (C=O) groups is 1. The molecule has 2 N–H and O–H groups in total. The largest absolute Gasteiger partial charge is 0.282 e. The predicted molar refractivity (Wildman–Crippen MR) is 83.6 cm³/mol. The normalized spacial score (nSPS) is 11.0. The maximum absolute atomic E-state index is 11.7. The number of aromatic amines is 1. The summed E-state index contributed by atoms with van der Waals surface area (Å²) in [5.41, 5.74) is 6.37. The Labute approximate surface area is 128 Å². The first kappa shape index (κ1) is 15.3. The summed E-state index contributed by atoms with van der Waals surface area (Å²) in [7, 11) is 0. The van der Waals surface area contributed by atoms with Gasteiger partial charge in [0.05, 0.1) is 11.9 Å². The van der Waals surface area contributed by atoms with Crippen LogP contribution < -0.4 is 5.43 Å². The van der Waals surface area contributed by atoms with Crippen LogP contribution in [0.4, 0.5) is 0 Å². The molecule has 0 aliphatic heterocycles. The third-order valence-electron chi connectivity index (χ3n) is 3.13. The van der Waals surface area contributed by atoms with Crippen molar-refractivity contribution < 1.29 is 4.79 Å². The van der Waals surface area contributed by atoms with Gasteiger partial charge in [-0.15, -0.1) is 0 Å². The summed E-state index contributed by atoms with van der Waals surface area (Å²) in [6.07, 6.45) is 2.58. The molecule has 2 rings (SSSR count). The van der Waals surface area contributed by atoms with Gasteiger partial charge in [0.1, 0.15) is 0 Å². The number of hydrazone groups is 1. The fourth-order valence-electron chi connectivity index (χ4n) is 2.00. The summed E-state index contributed by atoms with van der Waals surface area (Å²) in [6.45, 7) is 3.87. The Bertz CT molecular complexity index is 644. The summed E-state index contributed by atoms with van der Waals surface area (Å²) in [6, 6.07) is 7.25. The molecule has 1 amide bonds. The minimum absolute atomic E-state index is 0.131. The second-order valence-electron chi connectivity index (χ2n) is 4.76. The number of hydrogen-bond acceptors (Lipinski definition) is 3. The lowest BCUT2D eigenvalue weighted by Crippen LogP contribution is -2.18. The van der Waals surface area contributed by atoms with Crippen molar-refractivity contribution in [3.63, 3.8) is 0 Å². The molecule has 6 heteroatoms. The molecular formula is C15H17ClN4O. The van der Waals surface area contributed by atoms with E-state index in [1.807, 2.05) is 26.0 Å². The second-order valence-corrected chi connectivity index (χ2v) is 5.20. The van der Waals surface area contributed by atoms with E-state index in [0.29, 0.717) is 17.9 Å². The number of nitrogens with one attached hydrogen (secondary N) is 2. The zero-order valence-electron chi connectivity index (χ0n) is 12.0. The zero-order valence-corrected chi connectivity index (χ0v) is 12.7. The lowest BCUT2D eigenvalue weighted by atomic mass is 10.1. The van der Waals surface area contributed by atoms with Gasteiger partial charge in [-0.05, 0) is 43.5 Å². The molecule has 0 radical (unpaired) electrons. The van der Waals surface area contributed by atoms with E-state index in [-0.39, 0.29) is 5.91 Å². The molecule has 5 nitrogen and oxygen atoms in total. The fraction of sp³-hybridized carbons (Fsp3) is 0.267. The number of benzene rings is 1. The van der Waals surface area contributed by atoms with Crippen molar-refractivity contribution in [3.8, 4) is 0 Å². The van der Waals surface area contributed by atoms with Crippen LogP contribution >= 0.6 is 11.6 Å². The van der Waals surface area contributed by atoms with Gasteiger partial charge >= 0.3 is 0 Å². The first-order valence-electron chi connectivity index (χ1n) is 6.64. The Morgan fingerprint density at radius 3 is 2.95 bits per heavy atom. The van der Waals surface area contributed by atoms with Gasteiger partial charge in [-0.2, -0.15) is 10.2 Å². The Kier molecular flexibility index (Phi) is 5.11. The van der Waals surface area contributed by atoms with Crippen LogP contribution in [0, 0.1) is 13.8 Å². The summed E-state index contributed by atoms with van der Waals surface area (Å²) >= 11 is 5.86. The van der Waals surface area contributed by atoms with Gasteiger partial charge in [0.2, 0.25) is 5.91 Å². The van der Waals surface area contributed by atoms with E-state index in [1.54, 1.807) is 18.3 Å². The van der Waals surface area contributed by atoms with Gasteiger partial charge in [-0.25, -0.2) is 5.43 Å². The minimum atomic E-state index is -0.131. The Hall–Kier alpha value is -2.14. The Morgan fingerprint density at radius 1 is 1.48 bits per heavy atom. The van der Waals surface area contributed by atoms with Gasteiger partial charge in [-0.3, -0.25) is 9.89 Å². The van der Waals surface area contributed by atoms with Crippen molar-refractivity contribution in [1.82, 2.24) is 15.6 Å². The van der Waals surface area contributed by atoms with Crippen LogP contribution in [0.5, 0.6) is 0 Å². The Morgan fingerprint density at radius 2 is 2.29 bits per heavy atom. The highest BCUT2D eigenvalue weighted by atomic mass is 35.5. The maximum atomic E-state index is 11.7. The van der Waals surface area contributed by atoms with Crippen LogP contribution in [0.15, 0.2) is 29.4 Å². The van der Waals surface area contributed by atoms with Crippen molar-refractivity contribution >= 4 is 23.7 Å². The quantitative estimate of drug-likeness (QED) is 0.658. The third-order valence-corrected chi connectivity index (χ3v) is 3.37. The number of aromatic nitrogens is 2. The maximum Gasteiger partial charge on any atom is 0.240 e. The van der Waals surface area contributed by atoms with Crippen LogP contribution in [-0.4, -0.2) is 22.3 Å². The van der Waals surface area contributed by atoms with E-state index in [2.05, 4.69) is 20.7 Å². The lowest BCUT2D eigenvalue weighted by Gasteiger charge is -2.01. The molecule has 0 spiro atoms. The number of aryl methyl sites for hydroxylation is 2. The first-order valence-corrected chi connectivity index (χ1v) is 7.02. The molecule has 0 fully saturated rings. The predicted octanol–water partition coefficient (Wildman–Crippen LogP) is 2.76. The highest BCUT2D eigenvalue weighted by Gasteiger charge is 2.08. The molecule has 0 unspecified atom stereocenters. The van der Waals surface area contributed by atoms with Crippen LogP contribution in [0.2, 0.25) is 5.02 Å². The van der Waals surface area contributed by atoms with Gasteiger partial charge in [0, 0.05) is 17.1 Å². The molecule has 0 atom stereocenters. The smallest absolute Gasteiger partial charge is 0.240 e. The fourth-order valence-corrected chi connectivity index (χ4v) is 2.20. The van der Waals surface area contributed by atoms with E-state index in [9.17, 15) is 4.79 Å². The van der Waals surface area contributed by atoms with Crippen molar-refractivity contribution in [1.29, 1.82) is 0 Å². The van der Waals surface area contributed by atoms with Gasteiger partial charge in [0.25, 0.3) is 0 Å². The summed E-state index contributed by atoms with van der Waals surface area (Å²) in [4.78, 5) is 11.7. The number of H-pyrrole nitrogens is 1. The van der Waals surface area contributed by atoms with E-state index in [4.69, 9.17) is 11.6 Å². The molecule has 0 saturated heterocycles. The van der Waals surface area contributed by atoms with Crippen LogP contribution in [0.1, 0.15) is 28.9 Å². The number of amides is 1. The average molecular weight is 305 g/mol. The summed E-state index contributed by atoms with van der Waals surface area (Å²) < 4.78 is 0. The van der Waals surface area contributed by atoms with Crippen LogP contribution in [0.25, 0.3) is 0 Å². The molecule has 1 aromatic heterocycles. The number of rotatable bonds is 5. The molecule has 0 aliphatic rings. The number of hydrogen-bond donors (Lipinski definition) is 2. The molecule has 1 heterocycles. The van der Waals surface area contributed by atoms with Crippen molar-refractivity contribution in [3.05, 3.63) is 51.8 Å². The molecule has 110 valence electrons. The highest BCUT2D eigenvalue weighted by molar-refractivity contribution is 6.30. The van der Waals surface area contributed by atoms with Gasteiger partial charge in [-0.1, -0.05) is 23.7 Å². The standard InChI is InChI=1S/C15H17ClN4O/c1-10-14(11(2)19-18-10)6-7-15(21)20-17-9-12-4-3-5-13(16)8-12/h3-5,8-9H,6-7H2,1-2H3,(H,18,19)(H,20,21)/b17-9-. The van der Waals surface area contributed by atoms with Crippen molar-refractivity contribution in [2.75, 3.05) is 0 Å². The first-order chi connectivity index (χ1) is 10.1. The van der Waals surface area contributed by atoms with Crippen molar-refractivity contribution in [2.24, 2.45) is 5.10 Å². The second kappa shape index (κ2) is 7.04. The van der Waals surface area contributed by atoms with Crippen molar-refractivity contribution in [2.45, 2.75) is 26.7 Å². The van der Waals surface area contributed by atoms with E-state index < -0.39 is 0 Å². The third kappa shape index (κ3) is 4.43. The molecule has 0 saturated carbocycles. The van der Waals surface area contributed by atoms with E-state index in [0.717, 1.165) is 22.5 Å². The number of nitrogens with zero attached hydrogens (tertiary/aromatic N) is 2. The molecule has 0 aliphatic carbocycles. The van der Waals surface area contributed by atoms with E-state index in [1.165, 1.54) is 0 Å². The molecular weight excluding hydrogens is 288 g/mol. The SMILES string of the molecule is Cc1n[nH]c(C)c1CCC(=O)N/N=C\c1cccc(Cl)c1. The zero-order chi connectivity index (χ0) is 15.2. The monoisotopic (exact) mass is 304 g/mol. The molecule has 21 heavy (non-hydrogen) atoms. The minimum Gasteiger partial charge on any atom is -0.282 e. The average Bonchev–Trinajstić information content (AvgIpc) is 2.76. The molecule has 0 bridgehead atoms. The summed E-state index contributed by atoms with van der Waals surface area (Å²) in [5.74, 6) is -0.131. The van der Waals surface area contributed by atoms with Crippen LogP contribution in [-0.2, 0) is 11.2 Å². The topological polar surface area (TPSA) is 70.1 Å². The Balaban J connectivity index is 1.83. The van der Waals surface area contributed by atoms with Gasteiger partial charge in [0.15, 0.2) is 0 Å². The molecule has 2 aromatic rings. The van der Waals surface area contributed by atoms with Gasteiger partial charge < -0.3 is 0 Å². The number of halogens is 1. The van der Waals surface area contributed by atoms with Crippen LogP contribution in [0.3, 0.4) is 0 Å². The highest BCUT2D eigenvalue weighted by Crippen LogP contribution is 2.11. The lowest BCUT2D eigenvalue weighted by molar-refractivity contribution is -0.121. The number of carbonyl (C=O) groups excluding carboxylic acids is 1. The van der Waals surface area contributed by atoms with E-state index >= 15 is 0 Å². The molecule has 1 aromatic carbocycles.